The van der Waals surface area contributed by atoms with Crippen molar-refractivity contribution in [1.82, 2.24) is 4.90 Å². The lowest BCUT2D eigenvalue weighted by molar-refractivity contribution is -0.131. The van der Waals surface area contributed by atoms with Crippen LogP contribution in [0.25, 0.3) is 0 Å². The number of phenolic OH excluding ortho intramolecular Hbond substituents is 2. The minimum Gasteiger partial charge on any atom is -0.508 e. The second-order valence-electron chi connectivity index (χ2n) is 8.62. The van der Waals surface area contributed by atoms with Crippen LogP contribution in [0.2, 0.25) is 0 Å². The molecule has 168 valence electrons. The Morgan fingerprint density at radius 1 is 1.13 bits per heavy atom. The molecular weight excluding hydrogens is 392 g/mol. The summed E-state index contributed by atoms with van der Waals surface area (Å²) in [4.78, 5) is 15.4. The number of fused-ring (bicyclic) bond motifs is 1. The number of carbonyl (C=O) groups is 1. The second-order valence-corrected chi connectivity index (χ2v) is 8.62. The van der Waals surface area contributed by atoms with Gasteiger partial charge < -0.3 is 20.3 Å². The summed E-state index contributed by atoms with van der Waals surface area (Å²) in [5.74, 6) is 1.00. The van der Waals surface area contributed by atoms with E-state index in [9.17, 15) is 15.0 Å². The van der Waals surface area contributed by atoms with Crippen molar-refractivity contribution in [2.75, 3.05) is 18.4 Å². The topological polar surface area (TPSA) is 82.0 Å². The van der Waals surface area contributed by atoms with Gasteiger partial charge in [-0.05, 0) is 82.1 Å². The number of hydrogen-bond donors (Lipinski definition) is 3. The summed E-state index contributed by atoms with van der Waals surface area (Å²) in [7, 11) is 0. The number of ether oxygens (including phenoxy) is 1. The number of anilines is 1. The summed E-state index contributed by atoms with van der Waals surface area (Å²) < 4.78 is 6.27. The fourth-order valence-electron chi connectivity index (χ4n) is 4.15. The molecule has 2 aromatic rings. The zero-order valence-electron chi connectivity index (χ0n) is 19.4. The van der Waals surface area contributed by atoms with E-state index >= 15 is 0 Å². The number of aromatic hydroxyl groups is 2. The summed E-state index contributed by atoms with van der Waals surface area (Å²) >= 11 is 0. The van der Waals surface area contributed by atoms with Gasteiger partial charge in [0.25, 0.3) is 5.91 Å². The van der Waals surface area contributed by atoms with E-state index in [2.05, 4.69) is 24.1 Å². The molecule has 0 aromatic heterocycles. The summed E-state index contributed by atoms with van der Waals surface area (Å²) in [6, 6.07) is 5.15. The summed E-state index contributed by atoms with van der Waals surface area (Å²) in [5.41, 5.74) is 3.82. The van der Waals surface area contributed by atoms with Crippen LogP contribution in [0.15, 0.2) is 18.2 Å². The molecule has 1 aliphatic rings. The van der Waals surface area contributed by atoms with Crippen molar-refractivity contribution in [3.05, 3.63) is 46.0 Å². The molecule has 3 N–H and O–H groups in total. The Labute approximate surface area is 184 Å². The third-order valence-corrected chi connectivity index (χ3v) is 6.63. The number of nitrogens with zero attached hydrogens (tertiary/aromatic N) is 1. The molecule has 0 fully saturated rings. The van der Waals surface area contributed by atoms with Gasteiger partial charge in [-0.15, -0.1) is 0 Å². The third-order valence-electron chi connectivity index (χ3n) is 6.63. The van der Waals surface area contributed by atoms with Gasteiger partial charge in [-0.1, -0.05) is 13.8 Å². The highest BCUT2D eigenvalue weighted by Gasteiger charge is 2.41. The van der Waals surface area contributed by atoms with E-state index in [0.29, 0.717) is 36.6 Å². The number of benzene rings is 2. The molecule has 0 bridgehead atoms. The number of phenols is 2. The molecule has 31 heavy (non-hydrogen) atoms. The summed E-state index contributed by atoms with van der Waals surface area (Å²) in [5, 5.41) is 23.6. The van der Waals surface area contributed by atoms with Crippen molar-refractivity contribution in [1.29, 1.82) is 0 Å². The molecule has 0 aliphatic carbocycles. The second kappa shape index (κ2) is 8.79. The molecule has 6 heteroatoms. The number of rotatable bonds is 6. The van der Waals surface area contributed by atoms with Crippen LogP contribution in [0.1, 0.15) is 55.0 Å². The molecule has 1 amide bonds. The molecule has 1 unspecified atom stereocenters. The van der Waals surface area contributed by atoms with Crippen LogP contribution in [0, 0.1) is 20.8 Å². The van der Waals surface area contributed by atoms with E-state index in [1.54, 1.807) is 19.1 Å². The first-order valence-electron chi connectivity index (χ1n) is 11.0. The Hall–Kier alpha value is -2.73. The maximum absolute atomic E-state index is 13.2. The van der Waals surface area contributed by atoms with Gasteiger partial charge in [0, 0.05) is 29.8 Å². The quantitative estimate of drug-likeness (QED) is 0.589. The lowest BCUT2D eigenvalue weighted by atomic mass is 9.86. The molecule has 2 aromatic carbocycles. The van der Waals surface area contributed by atoms with Gasteiger partial charge in [-0.3, -0.25) is 9.69 Å². The van der Waals surface area contributed by atoms with Crippen LogP contribution in [0.5, 0.6) is 17.2 Å². The SMILES string of the molecule is CCN(CC)Cc1cc(NC(=O)C2(C)CCc3c(C)c(O)c(C)c(C)c3O2)ccc1O. The first-order chi connectivity index (χ1) is 14.6. The highest BCUT2D eigenvalue weighted by atomic mass is 16.5. The zero-order chi connectivity index (χ0) is 22.9. The Balaban J connectivity index is 1.83. The Morgan fingerprint density at radius 2 is 1.81 bits per heavy atom. The van der Waals surface area contributed by atoms with Crippen LogP contribution in [-0.4, -0.2) is 39.7 Å². The van der Waals surface area contributed by atoms with Gasteiger partial charge in [-0.2, -0.15) is 0 Å². The molecule has 1 atom stereocenters. The number of nitrogens with one attached hydrogen (secondary N) is 1. The monoisotopic (exact) mass is 426 g/mol. The van der Waals surface area contributed by atoms with E-state index < -0.39 is 5.60 Å². The highest BCUT2D eigenvalue weighted by molar-refractivity contribution is 5.97. The third kappa shape index (κ3) is 4.35. The predicted octanol–water partition coefficient (Wildman–Crippen LogP) is 4.59. The van der Waals surface area contributed by atoms with Crippen molar-refractivity contribution in [2.24, 2.45) is 0 Å². The molecule has 0 spiro atoms. The zero-order valence-corrected chi connectivity index (χ0v) is 19.4. The average molecular weight is 427 g/mol. The van der Waals surface area contributed by atoms with E-state index in [1.807, 2.05) is 26.8 Å². The summed E-state index contributed by atoms with van der Waals surface area (Å²) in [6.45, 7) is 14.0. The first kappa shape index (κ1) is 22.9. The highest BCUT2D eigenvalue weighted by Crippen LogP contribution is 2.43. The minimum atomic E-state index is -1.02. The van der Waals surface area contributed by atoms with Gasteiger partial charge in [0.05, 0.1) is 0 Å². The fourth-order valence-corrected chi connectivity index (χ4v) is 4.15. The van der Waals surface area contributed by atoms with Crippen molar-refractivity contribution in [3.63, 3.8) is 0 Å². The summed E-state index contributed by atoms with van der Waals surface area (Å²) in [6.07, 6.45) is 1.17. The smallest absolute Gasteiger partial charge is 0.268 e. The minimum absolute atomic E-state index is 0.222. The number of amides is 1. The molecular formula is C25H34N2O4. The molecule has 0 saturated carbocycles. The molecule has 6 nitrogen and oxygen atoms in total. The van der Waals surface area contributed by atoms with Crippen molar-refractivity contribution < 1.29 is 19.7 Å². The molecule has 0 radical (unpaired) electrons. The molecule has 1 aliphatic heterocycles. The maximum atomic E-state index is 13.2. The first-order valence-corrected chi connectivity index (χ1v) is 11.0. The van der Waals surface area contributed by atoms with Gasteiger partial charge in [0.2, 0.25) is 0 Å². The maximum Gasteiger partial charge on any atom is 0.268 e. The van der Waals surface area contributed by atoms with Crippen LogP contribution in [0.3, 0.4) is 0 Å². The Bertz CT molecular complexity index is 998. The van der Waals surface area contributed by atoms with Crippen LogP contribution >= 0.6 is 0 Å². The Morgan fingerprint density at radius 3 is 2.45 bits per heavy atom. The van der Waals surface area contributed by atoms with Gasteiger partial charge in [-0.25, -0.2) is 0 Å². The molecule has 0 saturated heterocycles. The predicted molar refractivity (Wildman–Crippen MR) is 123 cm³/mol. The van der Waals surface area contributed by atoms with Crippen molar-refractivity contribution in [2.45, 2.75) is 66.5 Å². The van der Waals surface area contributed by atoms with Gasteiger partial charge in [0.15, 0.2) is 5.60 Å². The molecule has 1 heterocycles. The van der Waals surface area contributed by atoms with Crippen molar-refractivity contribution in [3.8, 4) is 17.2 Å². The largest absolute Gasteiger partial charge is 0.508 e. The lowest BCUT2D eigenvalue weighted by Gasteiger charge is -2.36. The van der Waals surface area contributed by atoms with Crippen LogP contribution < -0.4 is 10.1 Å². The van der Waals surface area contributed by atoms with Gasteiger partial charge >= 0.3 is 0 Å². The van der Waals surface area contributed by atoms with Crippen LogP contribution in [-0.2, 0) is 17.8 Å². The average Bonchev–Trinajstić information content (AvgIpc) is 2.76. The van der Waals surface area contributed by atoms with Gasteiger partial charge in [0.1, 0.15) is 17.2 Å². The normalized spacial score (nSPS) is 17.9. The van der Waals surface area contributed by atoms with E-state index in [0.717, 1.165) is 40.9 Å². The van der Waals surface area contributed by atoms with Crippen molar-refractivity contribution >= 4 is 11.6 Å². The number of carbonyl (C=O) groups excluding carboxylic acids is 1. The fraction of sp³-hybridized carbons (Fsp3) is 0.480. The van der Waals surface area contributed by atoms with E-state index in [4.69, 9.17) is 4.74 Å². The number of hydrogen-bond acceptors (Lipinski definition) is 5. The standard InChI is InChI=1S/C25H34N2O4/c1-7-27(8-2)14-18-13-19(9-10-21(18)28)26-24(30)25(6)12-11-20-17(5)22(29)15(3)16(4)23(20)31-25/h9-10,13,28-29H,7-8,11-12,14H2,1-6H3,(H,26,30). The lowest BCUT2D eigenvalue weighted by Crippen LogP contribution is -2.48. The van der Waals surface area contributed by atoms with E-state index in [-0.39, 0.29) is 11.7 Å². The molecule has 3 rings (SSSR count). The van der Waals surface area contributed by atoms with Crippen LogP contribution in [0.4, 0.5) is 5.69 Å². The van der Waals surface area contributed by atoms with E-state index in [1.165, 1.54) is 0 Å². The Kier molecular flexibility index (Phi) is 6.51.